The van der Waals surface area contributed by atoms with Crippen molar-refractivity contribution in [2.75, 3.05) is 11.9 Å². The number of aliphatic hydroxyl groups excluding tert-OH is 1. The predicted molar refractivity (Wildman–Crippen MR) is 73.0 cm³/mol. The molecule has 1 unspecified atom stereocenters. The Labute approximate surface area is 115 Å². The van der Waals surface area contributed by atoms with Crippen LogP contribution in [0.4, 0.5) is 10.1 Å². The number of anilines is 1. The zero-order chi connectivity index (χ0) is 13.8. The largest absolute Gasteiger partial charge is 0.505 e. The van der Waals surface area contributed by atoms with Crippen LogP contribution in [0.25, 0.3) is 0 Å². The van der Waals surface area contributed by atoms with Gasteiger partial charge in [-0.15, -0.1) is 0 Å². The summed E-state index contributed by atoms with van der Waals surface area (Å²) in [5.41, 5.74) is 1.18. The van der Waals surface area contributed by atoms with Gasteiger partial charge in [-0.2, -0.15) is 0 Å². The van der Waals surface area contributed by atoms with Gasteiger partial charge in [0.2, 0.25) is 0 Å². The molecule has 0 aliphatic rings. The van der Waals surface area contributed by atoms with Crippen LogP contribution < -0.4 is 5.32 Å². The number of hydrogen-bond donors (Lipinski definition) is 3. The van der Waals surface area contributed by atoms with Gasteiger partial charge in [0.15, 0.2) is 11.6 Å². The normalized spacial score (nSPS) is 12.2. The molecule has 2 aromatic carbocycles. The van der Waals surface area contributed by atoms with Gasteiger partial charge in [0, 0.05) is 0 Å². The van der Waals surface area contributed by atoms with E-state index in [2.05, 4.69) is 5.32 Å². The molecule has 5 heteroatoms. The minimum Gasteiger partial charge on any atom is -0.505 e. The molecule has 0 heterocycles. The topological polar surface area (TPSA) is 52.5 Å². The van der Waals surface area contributed by atoms with E-state index in [-0.39, 0.29) is 6.61 Å². The van der Waals surface area contributed by atoms with Gasteiger partial charge in [0.05, 0.1) is 23.4 Å². The van der Waals surface area contributed by atoms with Crippen molar-refractivity contribution in [3.8, 4) is 5.75 Å². The Morgan fingerprint density at radius 2 is 1.95 bits per heavy atom. The number of rotatable bonds is 4. The van der Waals surface area contributed by atoms with Crippen molar-refractivity contribution in [1.82, 2.24) is 0 Å². The Balaban J connectivity index is 2.25. The van der Waals surface area contributed by atoms with Crippen molar-refractivity contribution in [3.63, 3.8) is 0 Å². The van der Waals surface area contributed by atoms with E-state index >= 15 is 0 Å². The monoisotopic (exact) mass is 281 g/mol. The Morgan fingerprint density at radius 1 is 1.21 bits per heavy atom. The van der Waals surface area contributed by atoms with Crippen LogP contribution in [0.1, 0.15) is 11.6 Å². The maximum absolute atomic E-state index is 13.3. The number of nitrogens with one attached hydrogen (secondary N) is 1. The van der Waals surface area contributed by atoms with E-state index in [4.69, 9.17) is 16.7 Å². The molecular weight excluding hydrogens is 269 g/mol. The standard InChI is InChI=1S/C14H13ClFNO2/c15-10-3-1-2-4-12(10)17-13(8-18)9-5-6-14(19)11(16)7-9/h1-7,13,17-19H,8H2. The highest BCUT2D eigenvalue weighted by molar-refractivity contribution is 6.33. The van der Waals surface area contributed by atoms with E-state index in [1.165, 1.54) is 12.1 Å². The lowest BCUT2D eigenvalue weighted by Crippen LogP contribution is -2.15. The summed E-state index contributed by atoms with van der Waals surface area (Å²) in [5.74, 6) is -1.14. The summed E-state index contributed by atoms with van der Waals surface area (Å²) >= 11 is 6.01. The molecular formula is C14H13ClFNO2. The first-order valence-electron chi connectivity index (χ1n) is 5.72. The Hall–Kier alpha value is -1.78. The predicted octanol–water partition coefficient (Wildman–Crippen LogP) is 3.33. The fourth-order valence-electron chi connectivity index (χ4n) is 1.74. The van der Waals surface area contributed by atoms with Crippen molar-refractivity contribution in [2.24, 2.45) is 0 Å². The van der Waals surface area contributed by atoms with Crippen LogP contribution in [0.5, 0.6) is 5.75 Å². The third-order valence-electron chi connectivity index (χ3n) is 2.76. The molecule has 0 aliphatic carbocycles. The summed E-state index contributed by atoms with van der Waals surface area (Å²) in [4.78, 5) is 0. The molecule has 2 aromatic rings. The molecule has 0 aliphatic heterocycles. The molecule has 0 fully saturated rings. The average molecular weight is 282 g/mol. The number of phenolic OH excluding ortho intramolecular Hbond substituents is 1. The van der Waals surface area contributed by atoms with E-state index in [1.807, 2.05) is 0 Å². The van der Waals surface area contributed by atoms with E-state index in [9.17, 15) is 9.50 Å². The maximum Gasteiger partial charge on any atom is 0.165 e. The fourth-order valence-corrected chi connectivity index (χ4v) is 1.93. The third-order valence-corrected chi connectivity index (χ3v) is 3.09. The zero-order valence-electron chi connectivity index (χ0n) is 9.98. The van der Waals surface area contributed by atoms with Gasteiger partial charge in [-0.1, -0.05) is 29.8 Å². The number of aromatic hydroxyl groups is 1. The van der Waals surface area contributed by atoms with Gasteiger partial charge in [-0.3, -0.25) is 0 Å². The smallest absolute Gasteiger partial charge is 0.165 e. The highest BCUT2D eigenvalue weighted by Crippen LogP contribution is 2.27. The Morgan fingerprint density at radius 3 is 2.58 bits per heavy atom. The van der Waals surface area contributed by atoms with Crippen LogP contribution in [0, 0.1) is 5.82 Å². The molecule has 3 nitrogen and oxygen atoms in total. The van der Waals surface area contributed by atoms with Crippen molar-refractivity contribution in [1.29, 1.82) is 0 Å². The SMILES string of the molecule is OCC(Nc1ccccc1Cl)c1ccc(O)c(F)c1. The number of phenols is 1. The number of halogens is 2. The van der Waals surface area contributed by atoms with E-state index < -0.39 is 17.6 Å². The van der Waals surface area contributed by atoms with Crippen LogP contribution in [-0.4, -0.2) is 16.8 Å². The molecule has 2 rings (SSSR count). The van der Waals surface area contributed by atoms with Gasteiger partial charge >= 0.3 is 0 Å². The number of aliphatic hydroxyl groups is 1. The lowest BCUT2D eigenvalue weighted by Gasteiger charge is -2.19. The lowest BCUT2D eigenvalue weighted by atomic mass is 10.1. The first kappa shape index (κ1) is 13.6. The van der Waals surface area contributed by atoms with Crippen LogP contribution in [0.2, 0.25) is 5.02 Å². The van der Waals surface area contributed by atoms with Crippen LogP contribution in [-0.2, 0) is 0 Å². The van der Waals surface area contributed by atoms with Crippen LogP contribution in [0.3, 0.4) is 0 Å². The second-order valence-corrected chi connectivity index (χ2v) is 4.48. The molecule has 0 radical (unpaired) electrons. The molecule has 0 aromatic heterocycles. The summed E-state index contributed by atoms with van der Waals surface area (Å²) in [6.07, 6.45) is 0. The molecule has 3 N–H and O–H groups in total. The molecule has 1 atom stereocenters. The molecule has 19 heavy (non-hydrogen) atoms. The summed E-state index contributed by atoms with van der Waals surface area (Å²) in [6.45, 7) is -0.227. The fraction of sp³-hybridized carbons (Fsp3) is 0.143. The van der Waals surface area contributed by atoms with Gasteiger partial charge in [0.1, 0.15) is 0 Å². The molecule has 0 bridgehead atoms. The van der Waals surface area contributed by atoms with E-state index in [0.29, 0.717) is 16.3 Å². The summed E-state index contributed by atoms with van der Waals surface area (Å²) in [6, 6.07) is 10.6. The molecule has 100 valence electrons. The van der Waals surface area contributed by atoms with Gasteiger partial charge in [0.25, 0.3) is 0 Å². The third kappa shape index (κ3) is 3.16. The number of para-hydroxylation sites is 1. The quantitative estimate of drug-likeness (QED) is 0.806. The van der Waals surface area contributed by atoms with Crippen LogP contribution in [0.15, 0.2) is 42.5 Å². The average Bonchev–Trinajstić information content (AvgIpc) is 2.41. The first-order valence-corrected chi connectivity index (χ1v) is 6.10. The summed E-state index contributed by atoms with van der Waals surface area (Å²) < 4.78 is 13.3. The van der Waals surface area contributed by atoms with Crippen molar-refractivity contribution >= 4 is 17.3 Å². The number of benzene rings is 2. The summed E-state index contributed by atoms with van der Waals surface area (Å²) in [7, 11) is 0. The minimum atomic E-state index is -0.725. The zero-order valence-corrected chi connectivity index (χ0v) is 10.7. The minimum absolute atomic E-state index is 0.227. The molecule has 0 saturated carbocycles. The summed E-state index contributed by atoms with van der Waals surface area (Å²) in [5, 5.41) is 22.1. The van der Waals surface area contributed by atoms with Crippen molar-refractivity contribution in [3.05, 3.63) is 58.9 Å². The number of hydrogen-bond acceptors (Lipinski definition) is 3. The van der Waals surface area contributed by atoms with Crippen molar-refractivity contribution in [2.45, 2.75) is 6.04 Å². The second kappa shape index (κ2) is 5.91. The Bertz CT molecular complexity index is 577. The van der Waals surface area contributed by atoms with E-state index in [1.54, 1.807) is 30.3 Å². The van der Waals surface area contributed by atoms with Gasteiger partial charge in [-0.25, -0.2) is 4.39 Å². The highest BCUT2D eigenvalue weighted by Gasteiger charge is 2.13. The van der Waals surface area contributed by atoms with E-state index in [0.717, 1.165) is 0 Å². The molecule has 0 spiro atoms. The van der Waals surface area contributed by atoms with Gasteiger partial charge < -0.3 is 15.5 Å². The molecule has 0 amide bonds. The lowest BCUT2D eigenvalue weighted by molar-refractivity contribution is 0.276. The Kier molecular flexibility index (Phi) is 4.24. The highest BCUT2D eigenvalue weighted by atomic mass is 35.5. The molecule has 0 saturated heterocycles. The first-order chi connectivity index (χ1) is 9.11. The maximum atomic E-state index is 13.3. The van der Waals surface area contributed by atoms with Crippen molar-refractivity contribution < 1.29 is 14.6 Å². The van der Waals surface area contributed by atoms with Gasteiger partial charge in [-0.05, 0) is 29.8 Å². The second-order valence-electron chi connectivity index (χ2n) is 4.07. The van der Waals surface area contributed by atoms with Crippen LogP contribution >= 0.6 is 11.6 Å².